The number of ether oxygens (including phenoxy) is 1. The molecule has 7 heteroatoms. The number of benzene rings is 1. The maximum atomic E-state index is 12.1. The molecule has 3 amide bonds. The van der Waals surface area contributed by atoms with Crippen LogP contribution in [0, 0.1) is 12.8 Å². The van der Waals surface area contributed by atoms with Gasteiger partial charge < -0.3 is 20.7 Å². The van der Waals surface area contributed by atoms with Gasteiger partial charge in [-0.15, -0.1) is 0 Å². The van der Waals surface area contributed by atoms with E-state index in [-0.39, 0.29) is 17.9 Å². The average Bonchev–Trinajstić information content (AvgIpc) is 2.62. The summed E-state index contributed by atoms with van der Waals surface area (Å²) < 4.78 is 5.32. The lowest BCUT2D eigenvalue weighted by molar-refractivity contribution is -0.118. The van der Waals surface area contributed by atoms with Gasteiger partial charge >= 0.3 is 6.03 Å². The Balaban J connectivity index is 1.77. The molecule has 1 aliphatic rings. The second-order valence-electron chi connectivity index (χ2n) is 6.86. The van der Waals surface area contributed by atoms with E-state index in [9.17, 15) is 9.59 Å². The van der Waals surface area contributed by atoms with Crippen LogP contribution in [0.2, 0.25) is 0 Å². The van der Waals surface area contributed by atoms with E-state index in [2.05, 4.69) is 20.9 Å². The number of nitrogens with one attached hydrogen (secondary N) is 3. The SMILES string of the molecule is Cc1ccc(NC(=O)C(C)C)cc1NC(=O)NCCCN1CCOCC1. The zero-order chi connectivity index (χ0) is 18.9. The fourth-order valence-corrected chi connectivity index (χ4v) is 2.62. The number of anilines is 2. The van der Waals surface area contributed by atoms with E-state index < -0.39 is 0 Å². The highest BCUT2D eigenvalue weighted by atomic mass is 16.5. The summed E-state index contributed by atoms with van der Waals surface area (Å²) in [5.74, 6) is -0.144. The van der Waals surface area contributed by atoms with Crippen LogP contribution in [-0.2, 0) is 9.53 Å². The molecule has 0 aliphatic carbocycles. The molecule has 26 heavy (non-hydrogen) atoms. The zero-order valence-corrected chi connectivity index (χ0v) is 15.9. The molecule has 7 nitrogen and oxygen atoms in total. The molecule has 0 saturated carbocycles. The number of hydrogen-bond acceptors (Lipinski definition) is 4. The fraction of sp³-hybridized carbons (Fsp3) is 0.579. The average molecular weight is 362 g/mol. The van der Waals surface area contributed by atoms with Crippen LogP contribution in [0.4, 0.5) is 16.2 Å². The standard InChI is InChI=1S/C19H30N4O3/c1-14(2)18(24)21-16-6-5-15(3)17(13-16)22-19(25)20-7-4-8-23-9-11-26-12-10-23/h5-6,13-14H,4,7-12H2,1-3H3,(H,21,24)(H2,20,22,25). The Hall–Kier alpha value is -2.12. The number of carbonyl (C=O) groups excluding carboxylic acids is 2. The largest absolute Gasteiger partial charge is 0.379 e. The van der Waals surface area contributed by atoms with E-state index >= 15 is 0 Å². The minimum Gasteiger partial charge on any atom is -0.379 e. The third-order valence-electron chi connectivity index (χ3n) is 4.32. The molecule has 1 saturated heterocycles. The lowest BCUT2D eigenvalue weighted by atomic mass is 10.1. The third-order valence-corrected chi connectivity index (χ3v) is 4.32. The van der Waals surface area contributed by atoms with E-state index in [1.807, 2.05) is 32.9 Å². The van der Waals surface area contributed by atoms with Gasteiger partial charge in [0.25, 0.3) is 0 Å². The number of morpholine rings is 1. The quantitative estimate of drug-likeness (QED) is 0.651. The molecular formula is C19H30N4O3. The van der Waals surface area contributed by atoms with Crippen LogP contribution >= 0.6 is 0 Å². The van der Waals surface area contributed by atoms with E-state index in [4.69, 9.17) is 4.74 Å². The molecule has 1 fully saturated rings. The van der Waals surface area contributed by atoms with Crippen LogP contribution in [0.3, 0.4) is 0 Å². The lowest BCUT2D eigenvalue weighted by Gasteiger charge is -2.26. The molecular weight excluding hydrogens is 332 g/mol. The minimum absolute atomic E-state index is 0.0487. The van der Waals surface area contributed by atoms with Gasteiger partial charge in [0.15, 0.2) is 0 Å². The van der Waals surface area contributed by atoms with Crippen LogP contribution in [-0.4, -0.2) is 56.2 Å². The summed E-state index contributed by atoms with van der Waals surface area (Å²) in [6, 6.07) is 5.26. The minimum atomic E-state index is -0.234. The summed E-state index contributed by atoms with van der Waals surface area (Å²) in [5.41, 5.74) is 2.31. The van der Waals surface area contributed by atoms with E-state index in [0.29, 0.717) is 17.9 Å². The first-order valence-electron chi connectivity index (χ1n) is 9.22. The summed E-state index contributed by atoms with van der Waals surface area (Å²) in [6.07, 6.45) is 0.900. The number of hydrogen-bond donors (Lipinski definition) is 3. The summed E-state index contributed by atoms with van der Waals surface area (Å²) in [5, 5.41) is 8.58. The lowest BCUT2D eigenvalue weighted by Crippen LogP contribution is -2.38. The number of amides is 3. The molecule has 0 unspecified atom stereocenters. The molecule has 1 aliphatic heterocycles. The van der Waals surface area contributed by atoms with Crippen molar-refractivity contribution in [2.45, 2.75) is 27.2 Å². The van der Waals surface area contributed by atoms with Gasteiger partial charge in [0, 0.05) is 36.9 Å². The first kappa shape index (κ1) is 20.2. The van der Waals surface area contributed by atoms with Crippen LogP contribution < -0.4 is 16.0 Å². The van der Waals surface area contributed by atoms with Gasteiger partial charge in [0.2, 0.25) is 5.91 Å². The van der Waals surface area contributed by atoms with Crippen molar-refractivity contribution in [2.75, 3.05) is 50.0 Å². The van der Waals surface area contributed by atoms with Crippen LogP contribution in [0.1, 0.15) is 25.8 Å². The molecule has 0 bridgehead atoms. The van der Waals surface area contributed by atoms with Crippen molar-refractivity contribution in [3.63, 3.8) is 0 Å². The highest BCUT2D eigenvalue weighted by molar-refractivity contribution is 5.94. The van der Waals surface area contributed by atoms with E-state index in [1.54, 1.807) is 6.07 Å². The number of rotatable bonds is 7. The first-order chi connectivity index (χ1) is 12.5. The fourth-order valence-electron chi connectivity index (χ4n) is 2.62. The first-order valence-corrected chi connectivity index (χ1v) is 9.22. The van der Waals surface area contributed by atoms with E-state index in [0.717, 1.165) is 44.8 Å². The van der Waals surface area contributed by atoms with Gasteiger partial charge in [-0.1, -0.05) is 19.9 Å². The molecule has 0 aromatic heterocycles. The van der Waals surface area contributed by atoms with E-state index in [1.165, 1.54) is 0 Å². The molecule has 3 N–H and O–H groups in total. The van der Waals surface area contributed by atoms with Crippen molar-refractivity contribution in [3.05, 3.63) is 23.8 Å². The van der Waals surface area contributed by atoms with Crippen molar-refractivity contribution < 1.29 is 14.3 Å². The number of urea groups is 1. The number of aryl methyl sites for hydroxylation is 1. The molecule has 144 valence electrons. The second-order valence-corrected chi connectivity index (χ2v) is 6.86. The predicted molar refractivity (Wildman–Crippen MR) is 104 cm³/mol. The Morgan fingerprint density at radius 3 is 2.62 bits per heavy atom. The highest BCUT2D eigenvalue weighted by Crippen LogP contribution is 2.20. The Labute approximate surface area is 155 Å². The van der Waals surface area contributed by atoms with Crippen LogP contribution in [0.25, 0.3) is 0 Å². The van der Waals surface area contributed by atoms with Gasteiger partial charge in [-0.3, -0.25) is 9.69 Å². The Morgan fingerprint density at radius 1 is 1.19 bits per heavy atom. The van der Waals surface area contributed by atoms with Crippen molar-refractivity contribution in [1.29, 1.82) is 0 Å². The highest BCUT2D eigenvalue weighted by Gasteiger charge is 2.11. The van der Waals surface area contributed by atoms with Crippen molar-refractivity contribution in [1.82, 2.24) is 10.2 Å². The predicted octanol–water partition coefficient (Wildman–Crippen LogP) is 2.43. The topological polar surface area (TPSA) is 82.7 Å². The summed E-state index contributed by atoms with van der Waals surface area (Å²) >= 11 is 0. The monoisotopic (exact) mass is 362 g/mol. The maximum absolute atomic E-state index is 12.1. The maximum Gasteiger partial charge on any atom is 0.319 e. The molecule has 0 atom stereocenters. The molecule has 1 heterocycles. The smallest absolute Gasteiger partial charge is 0.319 e. The van der Waals surface area contributed by atoms with Crippen molar-refractivity contribution >= 4 is 23.3 Å². The molecule has 1 aromatic carbocycles. The summed E-state index contributed by atoms with van der Waals surface area (Å²) in [4.78, 5) is 26.3. The van der Waals surface area contributed by atoms with Crippen LogP contribution in [0.15, 0.2) is 18.2 Å². The number of carbonyl (C=O) groups is 2. The van der Waals surface area contributed by atoms with Crippen molar-refractivity contribution in [2.24, 2.45) is 5.92 Å². The van der Waals surface area contributed by atoms with Gasteiger partial charge in [-0.2, -0.15) is 0 Å². The Bertz CT molecular complexity index is 613. The van der Waals surface area contributed by atoms with Gasteiger partial charge in [-0.25, -0.2) is 4.79 Å². The molecule has 2 rings (SSSR count). The Morgan fingerprint density at radius 2 is 1.92 bits per heavy atom. The molecule has 0 radical (unpaired) electrons. The third kappa shape index (κ3) is 6.65. The van der Waals surface area contributed by atoms with Gasteiger partial charge in [-0.05, 0) is 37.6 Å². The Kier molecular flexibility index (Phi) is 7.87. The second kappa shape index (κ2) is 10.1. The normalized spacial score (nSPS) is 14.9. The van der Waals surface area contributed by atoms with Gasteiger partial charge in [0.05, 0.1) is 13.2 Å². The zero-order valence-electron chi connectivity index (χ0n) is 15.9. The van der Waals surface area contributed by atoms with Crippen molar-refractivity contribution in [3.8, 4) is 0 Å². The molecule has 1 aromatic rings. The number of nitrogens with zero attached hydrogens (tertiary/aromatic N) is 1. The van der Waals surface area contributed by atoms with Crippen LogP contribution in [0.5, 0.6) is 0 Å². The molecule has 0 spiro atoms. The summed E-state index contributed by atoms with van der Waals surface area (Å²) in [7, 11) is 0. The van der Waals surface area contributed by atoms with Gasteiger partial charge in [0.1, 0.15) is 0 Å². The summed E-state index contributed by atoms with van der Waals surface area (Å²) in [6.45, 7) is 10.7.